The standard InChI is InChI=1S/C11H18N4OS/c1-13-8-10-9-17-11(14-10)15(5-3-4-12)6-7-16-2/h9,13H,3,5-8H2,1-2H3. The van der Waals surface area contributed by atoms with Crippen LogP contribution in [0.5, 0.6) is 0 Å². The summed E-state index contributed by atoms with van der Waals surface area (Å²) in [5, 5.41) is 14.7. The summed E-state index contributed by atoms with van der Waals surface area (Å²) in [6, 6.07) is 2.16. The monoisotopic (exact) mass is 254 g/mol. The molecule has 0 bridgehead atoms. The number of nitriles is 1. The number of aromatic nitrogens is 1. The molecule has 0 saturated carbocycles. The molecule has 0 aromatic carbocycles. The molecule has 0 aliphatic heterocycles. The lowest BCUT2D eigenvalue weighted by atomic mass is 10.4. The summed E-state index contributed by atoms with van der Waals surface area (Å²) in [5.41, 5.74) is 1.03. The van der Waals surface area contributed by atoms with Crippen molar-refractivity contribution in [1.82, 2.24) is 10.3 Å². The molecule has 0 spiro atoms. The molecule has 1 aromatic rings. The molecule has 1 heterocycles. The lowest BCUT2D eigenvalue weighted by Crippen LogP contribution is -2.28. The molecule has 1 rings (SSSR count). The average Bonchev–Trinajstić information content (AvgIpc) is 2.78. The molecule has 1 N–H and O–H groups in total. The van der Waals surface area contributed by atoms with E-state index in [2.05, 4.69) is 21.3 Å². The van der Waals surface area contributed by atoms with Gasteiger partial charge in [-0.15, -0.1) is 11.3 Å². The minimum Gasteiger partial charge on any atom is -0.383 e. The van der Waals surface area contributed by atoms with Gasteiger partial charge >= 0.3 is 0 Å². The normalized spacial score (nSPS) is 10.2. The van der Waals surface area contributed by atoms with Gasteiger partial charge < -0.3 is 15.0 Å². The van der Waals surface area contributed by atoms with Crippen LogP contribution < -0.4 is 10.2 Å². The molecule has 0 aliphatic rings. The van der Waals surface area contributed by atoms with Gasteiger partial charge in [0, 0.05) is 32.1 Å². The zero-order valence-electron chi connectivity index (χ0n) is 10.3. The van der Waals surface area contributed by atoms with Crippen LogP contribution in [0.3, 0.4) is 0 Å². The lowest BCUT2D eigenvalue weighted by Gasteiger charge is -2.19. The summed E-state index contributed by atoms with van der Waals surface area (Å²) >= 11 is 1.61. The molecule has 1 aromatic heterocycles. The van der Waals surface area contributed by atoms with Crippen LogP contribution in [0.1, 0.15) is 12.1 Å². The topological polar surface area (TPSA) is 61.2 Å². The van der Waals surface area contributed by atoms with E-state index in [1.165, 1.54) is 0 Å². The summed E-state index contributed by atoms with van der Waals surface area (Å²) in [6.45, 7) is 2.89. The molecule has 0 amide bonds. The van der Waals surface area contributed by atoms with E-state index in [9.17, 15) is 0 Å². The third kappa shape index (κ3) is 4.69. The van der Waals surface area contributed by atoms with Crippen LogP contribution in [0.25, 0.3) is 0 Å². The van der Waals surface area contributed by atoms with Crippen LogP contribution in [0, 0.1) is 11.3 Å². The van der Waals surface area contributed by atoms with E-state index in [1.807, 2.05) is 12.4 Å². The number of nitrogens with one attached hydrogen (secondary N) is 1. The van der Waals surface area contributed by atoms with E-state index < -0.39 is 0 Å². The highest BCUT2D eigenvalue weighted by molar-refractivity contribution is 7.13. The van der Waals surface area contributed by atoms with Crippen LogP contribution in [0.4, 0.5) is 5.13 Å². The Morgan fingerprint density at radius 1 is 1.59 bits per heavy atom. The minimum atomic E-state index is 0.505. The van der Waals surface area contributed by atoms with Gasteiger partial charge in [0.25, 0.3) is 0 Å². The van der Waals surface area contributed by atoms with Crippen LogP contribution in [-0.4, -0.2) is 38.8 Å². The summed E-state index contributed by atoms with van der Waals surface area (Å²) in [6.07, 6.45) is 0.505. The number of ether oxygens (including phenoxy) is 1. The lowest BCUT2D eigenvalue weighted by molar-refractivity contribution is 0.205. The van der Waals surface area contributed by atoms with Crippen molar-refractivity contribution in [2.45, 2.75) is 13.0 Å². The number of rotatable bonds is 8. The van der Waals surface area contributed by atoms with Crippen molar-refractivity contribution in [2.75, 3.05) is 38.8 Å². The van der Waals surface area contributed by atoms with Crippen LogP contribution >= 0.6 is 11.3 Å². The molecule has 0 aliphatic carbocycles. The molecule has 17 heavy (non-hydrogen) atoms. The summed E-state index contributed by atoms with van der Waals surface area (Å²) in [4.78, 5) is 6.62. The van der Waals surface area contributed by atoms with Gasteiger partial charge in [-0.2, -0.15) is 5.26 Å². The van der Waals surface area contributed by atoms with Crippen molar-refractivity contribution in [3.63, 3.8) is 0 Å². The van der Waals surface area contributed by atoms with E-state index in [-0.39, 0.29) is 0 Å². The van der Waals surface area contributed by atoms with E-state index in [0.29, 0.717) is 19.6 Å². The van der Waals surface area contributed by atoms with Crippen molar-refractivity contribution in [3.8, 4) is 6.07 Å². The van der Waals surface area contributed by atoms with Crippen LogP contribution in [0.15, 0.2) is 5.38 Å². The zero-order chi connectivity index (χ0) is 12.5. The Morgan fingerprint density at radius 2 is 2.41 bits per heavy atom. The predicted octanol–water partition coefficient (Wildman–Crippen LogP) is 1.23. The van der Waals surface area contributed by atoms with Crippen molar-refractivity contribution < 1.29 is 4.74 Å². The summed E-state index contributed by atoms with van der Waals surface area (Å²) < 4.78 is 5.07. The number of hydrogen-bond acceptors (Lipinski definition) is 6. The van der Waals surface area contributed by atoms with Gasteiger partial charge in [0.1, 0.15) is 0 Å². The number of anilines is 1. The molecule has 0 radical (unpaired) electrons. The van der Waals surface area contributed by atoms with Crippen molar-refractivity contribution in [3.05, 3.63) is 11.1 Å². The summed E-state index contributed by atoms with van der Waals surface area (Å²) in [7, 11) is 3.58. The highest BCUT2D eigenvalue weighted by Crippen LogP contribution is 2.20. The van der Waals surface area contributed by atoms with Crippen molar-refractivity contribution >= 4 is 16.5 Å². The third-order valence-electron chi connectivity index (χ3n) is 2.23. The SMILES string of the molecule is CNCc1csc(N(CCC#N)CCOC)n1. The number of methoxy groups -OCH3 is 1. The first-order chi connectivity index (χ1) is 8.31. The van der Waals surface area contributed by atoms with E-state index in [1.54, 1.807) is 18.4 Å². The van der Waals surface area contributed by atoms with Gasteiger partial charge in [-0.25, -0.2) is 4.98 Å². The van der Waals surface area contributed by atoms with Gasteiger partial charge in [-0.3, -0.25) is 0 Å². The Kier molecular flexibility index (Phi) is 6.55. The molecular formula is C11H18N4OS. The van der Waals surface area contributed by atoms with Gasteiger partial charge in [0.2, 0.25) is 0 Å². The summed E-state index contributed by atoms with van der Waals surface area (Å²) in [5.74, 6) is 0. The van der Waals surface area contributed by atoms with Gasteiger partial charge in [0.15, 0.2) is 5.13 Å². The Bertz CT molecular complexity index is 361. The zero-order valence-corrected chi connectivity index (χ0v) is 11.1. The number of nitrogens with zero attached hydrogens (tertiary/aromatic N) is 3. The molecule has 0 unspecified atom stereocenters. The smallest absolute Gasteiger partial charge is 0.185 e. The van der Waals surface area contributed by atoms with E-state index in [4.69, 9.17) is 10.00 Å². The van der Waals surface area contributed by atoms with E-state index in [0.717, 1.165) is 23.9 Å². The Morgan fingerprint density at radius 3 is 3.06 bits per heavy atom. The van der Waals surface area contributed by atoms with Crippen molar-refractivity contribution in [2.24, 2.45) is 0 Å². The quantitative estimate of drug-likeness (QED) is 0.756. The highest BCUT2D eigenvalue weighted by atomic mass is 32.1. The fourth-order valence-corrected chi connectivity index (χ4v) is 2.27. The second kappa shape index (κ2) is 8.01. The van der Waals surface area contributed by atoms with E-state index >= 15 is 0 Å². The second-order valence-corrected chi connectivity index (χ2v) is 4.38. The van der Waals surface area contributed by atoms with Gasteiger partial charge in [0.05, 0.1) is 24.8 Å². The molecule has 0 fully saturated rings. The molecule has 5 nitrogen and oxygen atoms in total. The average molecular weight is 254 g/mol. The van der Waals surface area contributed by atoms with Crippen molar-refractivity contribution in [1.29, 1.82) is 5.26 Å². The minimum absolute atomic E-state index is 0.505. The molecular weight excluding hydrogens is 236 g/mol. The maximum Gasteiger partial charge on any atom is 0.185 e. The third-order valence-corrected chi connectivity index (χ3v) is 3.18. The first-order valence-corrected chi connectivity index (χ1v) is 6.39. The van der Waals surface area contributed by atoms with Crippen LogP contribution in [-0.2, 0) is 11.3 Å². The number of thiazole rings is 1. The predicted molar refractivity (Wildman–Crippen MR) is 69.2 cm³/mol. The second-order valence-electron chi connectivity index (χ2n) is 3.54. The Labute approximate surface area is 106 Å². The van der Waals surface area contributed by atoms with Crippen LogP contribution in [0.2, 0.25) is 0 Å². The maximum atomic E-state index is 8.64. The molecule has 0 saturated heterocycles. The van der Waals surface area contributed by atoms with Gasteiger partial charge in [-0.05, 0) is 7.05 Å². The fraction of sp³-hybridized carbons (Fsp3) is 0.636. The maximum absolute atomic E-state index is 8.64. The fourth-order valence-electron chi connectivity index (χ4n) is 1.39. The molecule has 0 atom stereocenters. The number of hydrogen-bond donors (Lipinski definition) is 1. The molecule has 94 valence electrons. The highest BCUT2D eigenvalue weighted by Gasteiger charge is 2.10. The Balaban J connectivity index is 2.62. The Hall–Kier alpha value is -1.16. The first kappa shape index (κ1) is 13.9. The first-order valence-electron chi connectivity index (χ1n) is 5.51. The van der Waals surface area contributed by atoms with Gasteiger partial charge in [-0.1, -0.05) is 0 Å². The molecule has 6 heteroatoms. The largest absolute Gasteiger partial charge is 0.383 e.